The van der Waals surface area contributed by atoms with Crippen LogP contribution in [0.5, 0.6) is 0 Å². The van der Waals surface area contributed by atoms with Gasteiger partial charge >= 0.3 is 0 Å². The van der Waals surface area contributed by atoms with Gasteiger partial charge in [0.15, 0.2) is 0 Å². The molecule has 18 heavy (non-hydrogen) atoms. The third kappa shape index (κ3) is 2.10. The maximum absolute atomic E-state index is 13.6. The van der Waals surface area contributed by atoms with Crippen molar-refractivity contribution in [2.24, 2.45) is 0 Å². The van der Waals surface area contributed by atoms with Crippen LogP contribution in [-0.2, 0) is 0 Å². The molecule has 3 heterocycles. The monoisotopic (exact) mass is 381 g/mol. The minimum absolute atomic E-state index is 0.122. The van der Waals surface area contributed by atoms with Gasteiger partial charge in [0.05, 0.1) is 0 Å². The molecule has 0 saturated carbocycles. The highest BCUT2D eigenvalue weighted by atomic mass is 127. The molecule has 0 aromatic carbocycles. The highest BCUT2D eigenvalue weighted by Crippen LogP contribution is 2.32. The first-order valence-electron chi connectivity index (χ1n) is 6.04. The zero-order valence-corrected chi connectivity index (χ0v) is 12.9. The van der Waals surface area contributed by atoms with Gasteiger partial charge in [-0.2, -0.15) is 4.39 Å². The van der Waals surface area contributed by atoms with E-state index in [1.54, 1.807) is 0 Å². The fraction of sp³-hybridized carbons (Fsp3) is 0.583. The van der Waals surface area contributed by atoms with E-state index in [1.807, 2.05) is 6.07 Å². The molecule has 1 aromatic heterocycles. The Morgan fingerprint density at radius 3 is 2.56 bits per heavy atom. The summed E-state index contributed by atoms with van der Waals surface area (Å²) in [6.45, 7) is 1.86. The molecule has 2 fully saturated rings. The Morgan fingerprint density at radius 2 is 2.00 bits per heavy atom. The zero-order chi connectivity index (χ0) is 12.9. The zero-order valence-electron chi connectivity index (χ0n) is 10.0. The molecule has 2 bridgehead atoms. The van der Waals surface area contributed by atoms with Crippen LogP contribution in [0.4, 0.5) is 10.2 Å². The molecule has 0 radical (unpaired) electrons. The molecule has 2 aliphatic rings. The third-order valence-electron chi connectivity index (χ3n) is 4.03. The first-order chi connectivity index (χ1) is 8.56. The molecule has 2 atom stereocenters. The van der Waals surface area contributed by atoms with E-state index in [0.29, 0.717) is 17.9 Å². The van der Waals surface area contributed by atoms with Crippen LogP contribution in [0.2, 0.25) is 5.02 Å². The molecule has 0 aliphatic carbocycles. The lowest BCUT2D eigenvalue weighted by Crippen LogP contribution is -2.52. The average Bonchev–Trinajstić information content (AvgIpc) is 2.57. The second kappa shape index (κ2) is 4.76. The lowest BCUT2D eigenvalue weighted by Gasteiger charge is -2.39. The van der Waals surface area contributed by atoms with Crippen LogP contribution >= 0.6 is 34.2 Å². The molecule has 98 valence electrons. The molecule has 0 N–H and O–H groups in total. The smallest absolute Gasteiger partial charge is 0.234 e. The number of pyridine rings is 1. The Hall–Kier alpha value is -0.140. The quantitative estimate of drug-likeness (QED) is 0.551. The minimum Gasteiger partial charge on any atom is -0.353 e. The predicted octanol–water partition coefficient (Wildman–Crippen LogP) is 2.76. The van der Waals surface area contributed by atoms with E-state index in [4.69, 9.17) is 11.6 Å². The van der Waals surface area contributed by atoms with Gasteiger partial charge in [-0.25, -0.2) is 4.98 Å². The van der Waals surface area contributed by atoms with Crippen molar-refractivity contribution >= 4 is 40.0 Å². The summed E-state index contributed by atoms with van der Waals surface area (Å²) in [6, 6.07) is 3.01. The summed E-state index contributed by atoms with van der Waals surface area (Å²) in [7, 11) is 2.18. The van der Waals surface area contributed by atoms with Crippen molar-refractivity contribution in [2.45, 2.75) is 24.9 Å². The fourth-order valence-electron chi connectivity index (χ4n) is 2.92. The molecule has 1 aromatic rings. The minimum atomic E-state index is -0.565. The molecule has 0 unspecified atom stereocenters. The molecule has 3 nitrogen and oxygen atoms in total. The SMILES string of the molecule is CN1[C@@H]2CC[C@H]1CN(c1cc(I)c(Cl)c(F)n1)C2. The molecule has 0 amide bonds. The molecular formula is C12H14ClFIN3. The Labute approximate surface area is 124 Å². The number of aromatic nitrogens is 1. The van der Waals surface area contributed by atoms with Crippen LogP contribution in [0, 0.1) is 9.52 Å². The normalized spacial score (nSPS) is 27.9. The fourth-order valence-corrected chi connectivity index (χ4v) is 3.52. The van der Waals surface area contributed by atoms with E-state index in [-0.39, 0.29) is 5.02 Å². The maximum atomic E-state index is 13.6. The van der Waals surface area contributed by atoms with E-state index in [2.05, 4.69) is 44.4 Å². The van der Waals surface area contributed by atoms with Crippen molar-refractivity contribution < 1.29 is 4.39 Å². The van der Waals surface area contributed by atoms with Gasteiger partial charge in [-0.05, 0) is 48.5 Å². The molecule has 0 spiro atoms. The summed E-state index contributed by atoms with van der Waals surface area (Å²) in [6.07, 6.45) is 2.45. The van der Waals surface area contributed by atoms with E-state index in [1.165, 1.54) is 12.8 Å². The molecule has 3 rings (SSSR count). The van der Waals surface area contributed by atoms with E-state index >= 15 is 0 Å². The van der Waals surface area contributed by atoms with Crippen molar-refractivity contribution in [3.63, 3.8) is 0 Å². The number of fused-ring (bicyclic) bond motifs is 2. The topological polar surface area (TPSA) is 19.4 Å². The summed E-state index contributed by atoms with van der Waals surface area (Å²) in [5.74, 6) is 0.149. The van der Waals surface area contributed by atoms with Crippen LogP contribution in [0.1, 0.15) is 12.8 Å². The third-order valence-corrected chi connectivity index (χ3v) is 5.56. The van der Waals surface area contributed by atoms with Crippen molar-refractivity contribution in [3.8, 4) is 0 Å². The second-order valence-electron chi connectivity index (χ2n) is 5.02. The number of piperazine rings is 1. The van der Waals surface area contributed by atoms with Crippen molar-refractivity contribution in [1.29, 1.82) is 0 Å². The van der Waals surface area contributed by atoms with Crippen LogP contribution in [-0.4, -0.2) is 42.1 Å². The number of hydrogen-bond donors (Lipinski definition) is 0. The van der Waals surface area contributed by atoms with Crippen molar-refractivity contribution in [1.82, 2.24) is 9.88 Å². The largest absolute Gasteiger partial charge is 0.353 e. The number of hydrogen-bond acceptors (Lipinski definition) is 3. The summed E-state index contributed by atoms with van der Waals surface area (Å²) in [5, 5.41) is 0.122. The van der Waals surface area contributed by atoms with Gasteiger partial charge in [-0.15, -0.1) is 0 Å². The predicted molar refractivity (Wildman–Crippen MR) is 78.7 cm³/mol. The Bertz CT molecular complexity index is 447. The highest BCUT2D eigenvalue weighted by molar-refractivity contribution is 14.1. The van der Waals surface area contributed by atoms with Crippen LogP contribution in [0.25, 0.3) is 0 Å². The van der Waals surface area contributed by atoms with Gasteiger partial charge in [-0.1, -0.05) is 11.6 Å². The lowest BCUT2D eigenvalue weighted by molar-refractivity contribution is 0.211. The Morgan fingerprint density at radius 1 is 1.39 bits per heavy atom. The standard InChI is InChI=1S/C12H14ClFIN3/c1-17-7-2-3-8(17)6-18(5-7)10-4-9(15)11(13)12(14)16-10/h4,7-8H,2-3,5-6H2,1H3/t7-,8+. The van der Waals surface area contributed by atoms with Gasteiger partial charge in [0, 0.05) is 28.7 Å². The second-order valence-corrected chi connectivity index (χ2v) is 6.56. The number of rotatable bonds is 1. The number of nitrogens with zero attached hydrogens (tertiary/aromatic N) is 3. The van der Waals surface area contributed by atoms with Gasteiger partial charge in [0.25, 0.3) is 0 Å². The van der Waals surface area contributed by atoms with Gasteiger partial charge in [0.1, 0.15) is 10.8 Å². The first-order valence-corrected chi connectivity index (χ1v) is 7.50. The highest BCUT2D eigenvalue weighted by Gasteiger charge is 2.38. The maximum Gasteiger partial charge on any atom is 0.234 e. The summed E-state index contributed by atoms with van der Waals surface area (Å²) in [5.41, 5.74) is 0. The molecule has 2 aliphatic heterocycles. The van der Waals surface area contributed by atoms with Crippen LogP contribution in [0.3, 0.4) is 0 Å². The molecule has 2 saturated heterocycles. The van der Waals surface area contributed by atoms with Crippen LogP contribution < -0.4 is 4.90 Å². The number of likely N-dealkylation sites (N-methyl/N-ethyl adjacent to an activating group) is 1. The number of halogens is 3. The molecule has 6 heteroatoms. The Balaban J connectivity index is 1.88. The van der Waals surface area contributed by atoms with Gasteiger partial charge in [0.2, 0.25) is 5.95 Å². The van der Waals surface area contributed by atoms with E-state index in [9.17, 15) is 4.39 Å². The molecular weight excluding hydrogens is 368 g/mol. The lowest BCUT2D eigenvalue weighted by atomic mass is 10.2. The average molecular weight is 382 g/mol. The van der Waals surface area contributed by atoms with E-state index < -0.39 is 5.95 Å². The van der Waals surface area contributed by atoms with Crippen molar-refractivity contribution in [3.05, 3.63) is 20.6 Å². The Kier molecular flexibility index (Phi) is 3.40. The van der Waals surface area contributed by atoms with Crippen LogP contribution in [0.15, 0.2) is 6.07 Å². The summed E-state index contributed by atoms with van der Waals surface area (Å²) in [4.78, 5) is 8.61. The summed E-state index contributed by atoms with van der Waals surface area (Å²) >= 11 is 7.86. The summed E-state index contributed by atoms with van der Waals surface area (Å²) < 4.78 is 14.3. The van der Waals surface area contributed by atoms with Crippen molar-refractivity contribution in [2.75, 3.05) is 25.0 Å². The first kappa shape index (κ1) is 12.9. The number of anilines is 1. The van der Waals surface area contributed by atoms with E-state index in [0.717, 1.165) is 16.7 Å². The van der Waals surface area contributed by atoms with Gasteiger partial charge < -0.3 is 4.90 Å². The van der Waals surface area contributed by atoms with Gasteiger partial charge in [-0.3, -0.25) is 4.90 Å².